The molecule has 1 aromatic rings. The second kappa shape index (κ2) is 4.87. The normalized spacial score (nSPS) is 31.3. The largest absolute Gasteiger partial charge is 0.327 e. The molecular weight excluding hydrogens is 270 g/mol. The van der Waals surface area contributed by atoms with E-state index in [1.807, 2.05) is 13.8 Å². The summed E-state index contributed by atoms with van der Waals surface area (Å²) in [5, 5.41) is 12.9. The van der Waals surface area contributed by atoms with Crippen molar-refractivity contribution in [2.45, 2.75) is 39.2 Å². The number of hydrogen-bond acceptors (Lipinski definition) is 4. The van der Waals surface area contributed by atoms with Gasteiger partial charge in [0.05, 0.1) is 11.5 Å². The van der Waals surface area contributed by atoms with Gasteiger partial charge in [0, 0.05) is 10.9 Å². The van der Waals surface area contributed by atoms with E-state index in [1.165, 1.54) is 11.3 Å². The summed E-state index contributed by atoms with van der Waals surface area (Å²) in [6, 6.07) is 2.18. The minimum atomic E-state index is -0.0806. The number of nitrogens with one attached hydrogen (secondary N) is 1. The van der Waals surface area contributed by atoms with E-state index < -0.39 is 0 Å². The van der Waals surface area contributed by atoms with E-state index in [0.717, 1.165) is 29.7 Å². The van der Waals surface area contributed by atoms with Crippen LogP contribution in [-0.2, 0) is 4.79 Å². The Morgan fingerprint density at radius 3 is 2.70 bits per heavy atom. The molecule has 1 aromatic heterocycles. The lowest BCUT2D eigenvalue weighted by molar-refractivity contribution is -0.121. The maximum atomic E-state index is 12.5. The van der Waals surface area contributed by atoms with Crippen molar-refractivity contribution in [2.24, 2.45) is 23.5 Å². The fraction of sp³-hybridized carbons (Fsp3) is 0.600. The molecule has 0 aliphatic heterocycles. The van der Waals surface area contributed by atoms with Crippen molar-refractivity contribution in [2.75, 3.05) is 5.32 Å². The average Bonchev–Trinajstić information content (AvgIpc) is 3.05. The fourth-order valence-electron chi connectivity index (χ4n) is 3.77. The summed E-state index contributed by atoms with van der Waals surface area (Å²) < 4.78 is 0. The maximum Gasteiger partial charge on any atom is 0.229 e. The van der Waals surface area contributed by atoms with Crippen LogP contribution in [0.4, 0.5) is 5.00 Å². The van der Waals surface area contributed by atoms with E-state index in [2.05, 4.69) is 11.4 Å². The highest BCUT2D eigenvalue weighted by Crippen LogP contribution is 2.48. The van der Waals surface area contributed by atoms with Crippen molar-refractivity contribution < 1.29 is 4.79 Å². The Balaban J connectivity index is 1.80. The van der Waals surface area contributed by atoms with Gasteiger partial charge in [0.15, 0.2) is 0 Å². The number of carbonyl (C=O) groups is 1. The molecule has 0 spiro atoms. The van der Waals surface area contributed by atoms with E-state index in [9.17, 15) is 10.1 Å². The zero-order chi connectivity index (χ0) is 14.4. The molecule has 3 N–H and O–H groups in total. The van der Waals surface area contributed by atoms with Crippen LogP contribution >= 0.6 is 11.3 Å². The van der Waals surface area contributed by atoms with Gasteiger partial charge in [0.25, 0.3) is 0 Å². The Kier molecular flexibility index (Phi) is 3.31. The summed E-state index contributed by atoms with van der Waals surface area (Å²) in [5.74, 6) is 0.867. The van der Waals surface area contributed by atoms with E-state index in [0.29, 0.717) is 22.4 Å². The summed E-state index contributed by atoms with van der Waals surface area (Å²) in [7, 11) is 0. The number of nitriles is 1. The van der Waals surface area contributed by atoms with Crippen LogP contribution in [-0.4, -0.2) is 11.9 Å². The average molecular weight is 289 g/mol. The molecule has 20 heavy (non-hydrogen) atoms. The van der Waals surface area contributed by atoms with Gasteiger partial charge in [0.1, 0.15) is 11.1 Å². The van der Waals surface area contributed by atoms with E-state index >= 15 is 0 Å². The number of carbonyl (C=O) groups excluding carboxylic acids is 1. The molecule has 1 heterocycles. The monoisotopic (exact) mass is 289 g/mol. The first-order valence-electron chi connectivity index (χ1n) is 7.09. The summed E-state index contributed by atoms with van der Waals surface area (Å²) in [6.07, 6.45) is 3.37. The van der Waals surface area contributed by atoms with Crippen molar-refractivity contribution in [1.29, 1.82) is 5.26 Å². The predicted molar refractivity (Wildman–Crippen MR) is 79.4 cm³/mol. The SMILES string of the molecule is Cc1sc(NC(=O)C2C3CCC(C3)C2N)c(C#N)c1C. The minimum Gasteiger partial charge on any atom is -0.327 e. The maximum absolute atomic E-state index is 12.5. The van der Waals surface area contributed by atoms with Crippen molar-refractivity contribution in [3.05, 3.63) is 16.0 Å². The third kappa shape index (κ3) is 1.95. The zero-order valence-corrected chi connectivity index (χ0v) is 12.6. The smallest absolute Gasteiger partial charge is 0.229 e. The van der Waals surface area contributed by atoms with Gasteiger partial charge in [-0.05, 0) is 50.5 Å². The number of amides is 1. The highest BCUT2D eigenvalue weighted by Gasteiger charge is 2.49. The molecule has 2 aliphatic carbocycles. The molecule has 4 atom stereocenters. The standard InChI is InChI=1S/C15H19N3OS/c1-7-8(2)20-15(11(7)6-16)18-14(19)12-9-3-4-10(5-9)13(12)17/h9-10,12-13H,3-5,17H2,1-2H3,(H,18,19). The molecule has 2 fully saturated rings. The van der Waals surface area contributed by atoms with E-state index in [-0.39, 0.29) is 17.9 Å². The Labute approximate surface area is 123 Å². The molecule has 5 heteroatoms. The van der Waals surface area contributed by atoms with Gasteiger partial charge in [-0.25, -0.2) is 0 Å². The molecule has 106 valence electrons. The van der Waals surface area contributed by atoms with E-state index in [4.69, 9.17) is 5.73 Å². The molecule has 2 saturated carbocycles. The van der Waals surface area contributed by atoms with Crippen LogP contribution in [0.3, 0.4) is 0 Å². The summed E-state index contributed by atoms with van der Waals surface area (Å²) in [5.41, 5.74) is 7.76. The van der Waals surface area contributed by atoms with Gasteiger partial charge in [-0.15, -0.1) is 11.3 Å². The van der Waals surface area contributed by atoms with Crippen molar-refractivity contribution in [3.8, 4) is 6.07 Å². The molecule has 2 aliphatic rings. The third-order valence-corrected chi connectivity index (χ3v) is 6.14. The molecule has 1 amide bonds. The summed E-state index contributed by atoms with van der Waals surface area (Å²) in [6.45, 7) is 3.89. The van der Waals surface area contributed by atoms with Crippen molar-refractivity contribution >= 4 is 22.2 Å². The Bertz CT molecular complexity index is 599. The van der Waals surface area contributed by atoms with Crippen molar-refractivity contribution in [3.63, 3.8) is 0 Å². The Morgan fingerprint density at radius 1 is 1.40 bits per heavy atom. The molecular formula is C15H19N3OS. The number of rotatable bonds is 2. The minimum absolute atomic E-state index is 0.00227. The van der Waals surface area contributed by atoms with Crippen LogP contribution in [0, 0.1) is 42.9 Å². The molecule has 4 unspecified atom stereocenters. The Morgan fingerprint density at radius 2 is 2.10 bits per heavy atom. The first-order valence-corrected chi connectivity index (χ1v) is 7.91. The lowest BCUT2D eigenvalue weighted by Crippen LogP contribution is -2.42. The molecule has 0 saturated heterocycles. The predicted octanol–water partition coefficient (Wildman–Crippen LogP) is 2.55. The number of thiophene rings is 1. The summed E-state index contributed by atoms with van der Waals surface area (Å²) >= 11 is 1.48. The molecule has 2 bridgehead atoms. The second-order valence-electron chi connectivity index (χ2n) is 6.02. The number of nitrogens with two attached hydrogens (primary N) is 1. The van der Waals surface area contributed by atoms with Crippen LogP contribution < -0.4 is 11.1 Å². The van der Waals surface area contributed by atoms with Crippen LogP contribution in [0.15, 0.2) is 0 Å². The number of fused-ring (bicyclic) bond motifs is 2. The van der Waals surface area contributed by atoms with Crippen LogP contribution in [0.5, 0.6) is 0 Å². The lowest BCUT2D eigenvalue weighted by atomic mass is 9.84. The highest BCUT2D eigenvalue weighted by atomic mass is 32.1. The Hall–Kier alpha value is -1.38. The van der Waals surface area contributed by atoms with Gasteiger partial charge in [-0.2, -0.15) is 5.26 Å². The first-order chi connectivity index (χ1) is 9.52. The van der Waals surface area contributed by atoms with Crippen LogP contribution in [0.1, 0.15) is 35.3 Å². The molecule has 0 radical (unpaired) electrons. The molecule has 4 nitrogen and oxygen atoms in total. The van der Waals surface area contributed by atoms with Gasteiger partial charge < -0.3 is 11.1 Å². The molecule has 0 aromatic carbocycles. The van der Waals surface area contributed by atoms with Crippen molar-refractivity contribution in [1.82, 2.24) is 0 Å². The number of aryl methyl sites for hydroxylation is 1. The third-order valence-electron chi connectivity index (χ3n) is 5.02. The van der Waals surface area contributed by atoms with E-state index in [1.54, 1.807) is 0 Å². The zero-order valence-electron chi connectivity index (χ0n) is 11.8. The molecule has 3 rings (SSSR count). The summed E-state index contributed by atoms with van der Waals surface area (Å²) in [4.78, 5) is 13.6. The van der Waals surface area contributed by atoms with Gasteiger partial charge >= 0.3 is 0 Å². The van der Waals surface area contributed by atoms with Gasteiger partial charge in [0.2, 0.25) is 5.91 Å². The number of anilines is 1. The lowest BCUT2D eigenvalue weighted by Gasteiger charge is -2.26. The second-order valence-corrected chi connectivity index (χ2v) is 7.25. The van der Waals surface area contributed by atoms with Crippen LogP contribution in [0.25, 0.3) is 0 Å². The quantitative estimate of drug-likeness (QED) is 0.878. The topological polar surface area (TPSA) is 78.9 Å². The van der Waals surface area contributed by atoms with Gasteiger partial charge in [-0.1, -0.05) is 0 Å². The first kappa shape index (κ1) is 13.6. The van der Waals surface area contributed by atoms with Crippen LogP contribution in [0.2, 0.25) is 0 Å². The number of hydrogen-bond donors (Lipinski definition) is 2. The fourth-order valence-corrected chi connectivity index (χ4v) is 4.78. The van der Waals surface area contributed by atoms with Gasteiger partial charge in [-0.3, -0.25) is 4.79 Å². The highest BCUT2D eigenvalue weighted by molar-refractivity contribution is 7.16. The number of nitrogens with zero attached hydrogens (tertiary/aromatic N) is 1.